The van der Waals surface area contributed by atoms with Crippen molar-refractivity contribution in [3.05, 3.63) is 104 Å². The molecule has 166 valence electrons. The third kappa shape index (κ3) is 4.29. The number of anilines is 1. The van der Waals surface area contributed by atoms with Crippen molar-refractivity contribution in [2.24, 2.45) is 7.05 Å². The van der Waals surface area contributed by atoms with Crippen LogP contribution in [0.15, 0.2) is 76.3 Å². The maximum absolute atomic E-state index is 12.8. The van der Waals surface area contributed by atoms with Crippen LogP contribution in [0, 0.1) is 0 Å². The Morgan fingerprint density at radius 1 is 0.970 bits per heavy atom. The first-order valence-electron chi connectivity index (χ1n) is 10.1. The van der Waals surface area contributed by atoms with Crippen LogP contribution in [0.2, 0.25) is 0 Å². The summed E-state index contributed by atoms with van der Waals surface area (Å²) in [7, 11) is 1.26. The molecule has 0 amide bonds. The zero-order chi connectivity index (χ0) is 23.5. The van der Waals surface area contributed by atoms with Gasteiger partial charge in [-0.05, 0) is 17.7 Å². The number of fused-ring (bicyclic) bond motifs is 1. The minimum absolute atomic E-state index is 0.0245. The van der Waals surface area contributed by atoms with Gasteiger partial charge in [0.2, 0.25) is 5.78 Å². The minimum Gasteiger partial charge on any atom is -0.453 e. The lowest BCUT2D eigenvalue weighted by molar-refractivity contribution is 0.0469. The molecule has 0 radical (unpaired) electrons. The molecule has 0 aliphatic rings. The third-order valence-corrected chi connectivity index (χ3v) is 5.19. The molecule has 9 nitrogen and oxygen atoms in total. The van der Waals surface area contributed by atoms with Crippen molar-refractivity contribution in [3.8, 4) is 0 Å². The topological polar surface area (TPSA) is 126 Å². The van der Waals surface area contributed by atoms with Crippen LogP contribution < -0.4 is 17.0 Å². The van der Waals surface area contributed by atoms with E-state index in [0.717, 1.165) is 20.1 Å². The van der Waals surface area contributed by atoms with Gasteiger partial charge in [-0.15, -0.1) is 0 Å². The maximum atomic E-state index is 12.8. The molecule has 2 N–H and O–H groups in total. The fourth-order valence-corrected chi connectivity index (χ4v) is 3.42. The zero-order valence-corrected chi connectivity index (χ0v) is 17.7. The van der Waals surface area contributed by atoms with Gasteiger partial charge in [0.15, 0.2) is 6.61 Å². The lowest BCUT2D eigenvalue weighted by atomic mass is 10.2. The lowest BCUT2D eigenvalue weighted by Crippen LogP contribution is -2.43. The Kier molecular flexibility index (Phi) is 5.86. The quantitative estimate of drug-likeness (QED) is 0.355. The molecule has 0 aliphatic heterocycles. The molecule has 2 heterocycles. The Hall–Kier alpha value is -4.53. The smallest absolute Gasteiger partial charge is 0.357 e. The van der Waals surface area contributed by atoms with Gasteiger partial charge >= 0.3 is 11.7 Å². The molecule has 0 unspecified atom stereocenters. The van der Waals surface area contributed by atoms with Gasteiger partial charge in [-0.1, -0.05) is 54.6 Å². The summed E-state index contributed by atoms with van der Waals surface area (Å²) in [5, 5.41) is 0.849. The van der Waals surface area contributed by atoms with Gasteiger partial charge in [0.05, 0.1) is 12.1 Å². The monoisotopic (exact) mass is 444 g/mol. The van der Waals surface area contributed by atoms with Crippen molar-refractivity contribution in [3.63, 3.8) is 0 Å². The number of nitrogen functional groups attached to an aromatic ring is 1. The van der Waals surface area contributed by atoms with Gasteiger partial charge in [-0.25, -0.2) is 14.6 Å². The van der Waals surface area contributed by atoms with Crippen molar-refractivity contribution < 1.29 is 14.3 Å². The van der Waals surface area contributed by atoms with Crippen LogP contribution in [0.5, 0.6) is 0 Å². The van der Waals surface area contributed by atoms with Crippen molar-refractivity contribution in [1.82, 2.24) is 14.1 Å². The Labute approximate surface area is 187 Å². The van der Waals surface area contributed by atoms with E-state index in [1.807, 2.05) is 18.2 Å². The largest absolute Gasteiger partial charge is 0.453 e. The highest BCUT2D eigenvalue weighted by Gasteiger charge is 2.23. The van der Waals surface area contributed by atoms with Crippen molar-refractivity contribution in [1.29, 1.82) is 0 Å². The first kappa shape index (κ1) is 21.7. The number of ether oxygens (including phenoxy) is 1. The van der Waals surface area contributed by atoms with E-state index < -0.39 is 35.2 Å². The van der Waals surface area contributed by atoms with E-state index in [2.05, 4.69) is 4.98 Å². The molecule has 2 aromatic carbocycles. The number of para-hydroxylation sites is 1. The number of esters is 1. The molecule has 0 saturated carbocycles. The molecule has 0 aliphatic carbocycles. The van der Waals surface area contributed by atoms with Crippen molar-refractivity contribution in [2.45, 2.75) is 6.54 Å². The highest BCUT2D eigenvalue weighted by Crippen LogP contribution is 2.13. The van der Waals surface area contributed by atoms with Crippen LogP contribution >= 0.6 is 0 Å². The molecule has 0 atom stereocenters. The summed E-state index contributed by atoms with van der Waals surface area (Å²) in [5.41, 5.74) is 5.52. The van der Waals surface area contributed by atoms with E-state index in [1.165, 1.54) is 13.1 Å². The summed E-state index contributed by atoms with van der Waals surface area (Å²) in [4.78, 5) is 54.6. The number of Topliss-reactive ketones (excluding diaryl/α,β-unsaturated/α-hetero) is 1. The molecule has 0 bridgehead atoms. The van der Waals surface area contributed by atoms with Crippen LogP contribution in [0.1, 0.15) is 26.4 Å². The van der Waals surface area contributed by atoms with Gasteiger partial charge in [0, 0.05) is 12.4 Å². The normalized spacial score (nSPS) is 10.8. The van der Waals surface area contributed by atoms with E-state index >= 15 is 0 Å². The molecule has 9 heteroatoms. The summed E-state index contributed by atoms with van der Waals surface area (Å²) in [5.74, 6) is -1.91. The molecule has 0 saturated heterocycles. The number of nitrogens with two attached hydrogens (primary N) is 1. The van der Waals surface area contributed by atoms with Gasteiger partial charge in [0.25, 0.3) is 5.56 Å². The standard InChI is InChI=1S/C24H20N4O5/c1-27-22(30)20(21(25)28(24(27)32)13-15-7-3-2-4-8-15)19(29)14-33-23(31)18-12-11-16-9-5-6-10-17(16)26-18/h2-12H,13-14,25H2,1H3. The Balaban J connectivity index is 1.59. The van der Waals surface area contributed by atoms with E-state index in [1.54, 1.807) is 42.5 Å². The SMILES string of the molecule is Cn1c(=O)c(C(=O)COC(=O)c2ccc3ccccc3n2)c(N)n(Cc2ccccc2)c1=O. The molecule has 2 aromatic heterocycles. The van der Waals surface area contributed by atoms with Gasteiger partial charge in [0.1, 0.15) is 17.1 Å². The van der Waals surface area contributed by atoms with Crippen LogP contribution in [0.3, 0.4) is 0 Å². The van der Waals surface area contributed by atoms with Crippen LogP contribution in [0.4, 0.5) is 5.82 Å². The predicted octanol–water partition coefficient (Wildman–Crippen LogP) is 1.77. The molecular formula is C24H20N4O5. The van der Waals surface area contributed by atoms with Crippen molar-refractivity contribution >= 4 is 28.5 Å². The lowest BCUT2D eigenvalue weighted by Gasteiger charge is -2.14. The number of rotatable bonds is 6. The summed E-state index contributed by atoms with van der Waals surface area (Å²) in [6.07, 6.45) is 0. The number of ketones is 1. The van der Waals surface area contributed by atoms with Crippen LogP contribution in [-0.4, -0.2) is 32.5 Å². The number of pyridine rings is 1. The van der Waals surface area contributed by atoms with Gasteiger partial charge in [-0.2, -0.15) is 0 Å². The van der Waals surface area contributed by atoms with Crippen molar-refractivity contribution in [2.75, 3.05) is 12.3 Å². The number of aromatic nitrogens is 3. The van der Waals surface area contributed by atoms with Gasteiger partial charge in [-0.3, -0.25) is 18.7 Å². The second-order valence-corrected chi connectivity index (χ2v) is 7.37. The molecule has 4 rings (SSSR count). The van der Waals surface area contributed by atoms with E-state index in [0.29, 0.717) is 5.52 Å². The van der Waals surface area contributed by atoms with Crippen LogP contribution in [0.25, 0.3) is 10.9 Å². The van der Waals surface area contributed by atoms with Gasteiger partial charge < -0.3 is 10.5 Å². The number of carbonyl (C=O) groups excluding carboxylic acids is 2. The Morgan fingerprint density at radius 2 is 1.67 bits per heavy atom. The summed E-state index contributed by atoms with van der Waals surface area (Å²) in [6, 6.07) is 19.4. The van der Waals surface area contributed by atoms with E-state index in [4.69, 9.17) is 10.5 Å². The number of nitrogens with zero attached hydrogens (tertiary/aromatic N) is 3. The predicted molar refractivity (Wildman–Crippen MR) is 122 cm³/mol. The number of hydrogen-bond acceptors (Lipinski definition) is 7. The second kappa shape index (κ2) is 8.91. The molecule has 4 aromatic rings. The molecule has 0 fully saturated rings. The highest BCUT2D eigenvalue weighted by atomic mass is 16.5. The number of benzene rings is 2. The second-order valence-electron chi connectivity index (χ2n) is 7.37. The average Bonchev–Trinajstić information content (AvgIpc) is 2.84. The first-order valence-corrected chi connectivity index (χ1v) is 10.1. The molecular weight excluding hydrogens is 424 g/mol. The fourth-order valence-electron chi connectivity index (χ4n) is 3.42. The highest BCUT2D eigenvalue weighted by molar-refractivity contribution is 6.02. The first-order chi connectivity index (χ1) is 15.9. The summed E-state index contributed by atoms with van der Waals surface area (Å²) < 4.78 is 7.03. The van der Waals surface area contributed by atoms with E-state index in [9.17, 15) is 19.2 Å². The molecule has 0 spiro atoms. The summed E-state index contributed by atoms with van der Waals surface area (Å²) >= 11 is 0. The summed E-state index contributed by atoms with van der Waals surface area (Å²) in [6.45, 7) is -0.656. The maximum Gasteiger partial charge on any atom is 0.357 e. The average molecular weight is 444 g/mol. The molecule has 33 heavy (non-hydrogen) atoms. The fraction of sp³-hybridized carbons (Fsp3) is 0.125. The Morgan fingerprint density at radius 3 is 2.42 bits per heavy atom. The number of hydrogen-bond donors (Lipinski definition) is 1. The third-order valence-electron chi connectivity index (χ3n) is 5.19. The van der Waals surface area contributed by atoms with Crippen LogP contribution in [-0.2, 0) is 18.3 Å². The zero-order valence-electron chi connectivity index (χ0n) is 17.7. The minimum atomic E-state index is -0.855. The number of carbonyl (C=O) groups is 2. The Bertz CT molecular complexity index is 1490. The van der Waals surface area contributed by atoms with E-state index in [-0.39, 0.29) is 18.1 Å².